The van der Waals surface area contributed by atoms with Crippen LogP contribution in [0.4, 0.5) is 0 Å². The molecule has 72 valence electrons. The van der Waals surface area contributed by atoms with Crippen molar-refractivity contribution >= 4 is 11.6 Å². The van der Waals surface area contributed by atoms with E-state index in [0.29, 0.717) is 12.0 Å². The number of nitrogens with one attached hydrogen (secondary N) is 1. The molecule has 0 fully saturated rings. The predicted molar refractivity (Wildman–Crippen MR) is 52.4 cm³/mol. The first-order chi connectivity index (χ1) is 6.16. The van der Waals surface area contributed by atoms with Crippen molar-refractivity contribution in [3.8, 4) is 11.5 Å². The Kier molecular flexibility index (Phi) is 3.39. The van der Waals surface area contributed by atoms with E-state index in [1.165, 1.54) is 0 Å². The van der Waals surface area contributed by atoms with Gasteiger partial charge in [-0.15, -0.1) is 0 Å². The normalized spacial score (nSPS) is 10.3. The maximum absolute atomic E-state index is 9.44. The smallest absolute Gasteiger partial charge is 0.176 e. The predicted octanol–water partition coefficient (Wildman–Crippen LogP) is 1.51. The first-order valence-corrected chi connectivity index (χ1v) is 4.38. The number of benzene rings is 1. The average molecular weight is 202 g/mol. The summed E-state index contributed by atoms with van der Waals surface area (Å²) in [6.45, 7) is 0.745. The third-order valence-corrected chi connectivity index (χ3v) is 2.13. The van der Waals surface area contributed by atoms with Gasteiger partial charge in [-0.25, -0.2) is 0 Å². The summed E-state index contributed by atoms with van der Waals surface area (Å²) in [5.74, 6) is -0.363. The molecule has 0 aliphatic carbocycles. The van der Waals surface area contributed by atoms with Gasteiger partial charge in [-0.2, -0.15) is 0 Å². The molecule has 0 spiro atoms. The topological polar surface area (TPSA) is 52.5 Å². The standard InChI is InChI=1S/C9H12ClNO2/c1-11-5-4-6-2-3-7(10)9(13)8(6)12/h2-3,11-13H,4-5H2,1H3. The molecule has 0 unspecified atom stereocenters. The summed E-state index contributed by atoms with van der Waals surface area (Å²) in [6.07, 6.45) is 0.660. The quantitative estimate of drug-likeness (QED) is 0.650. The number of aromatic hydroxyl groups is 2. The molecule has 3 N–H and O–H groups in total. The van der Waals surface area contributed by atoms with Crippen molar-refractivity contribution in [3.05, 3.63) is 22.7 Å². The zero-order valence-corrected chi connectivity index (χ0v) is 8.10. The molecule has 0 saturated heterocycles. The van der Waals surface area contributed by atoms with Gasteiger partial charge in [-0.1, -0.05) is 17.7 Å². The van der Waals surface area contributed by atoms with Gasteiger partial charge in [0.1, 0.15) is 0 Å². The summed E-state index contributed by atoms with van der Waals surface area (Å²) >= 11 is 5.59. The lowest BCUT2D eigenvalue weighted by Gasteiger charge is -2.06. The molecule has 0 radical (unpaired) electrons. The van der Waals surface area contributed by atoms with Gasteiger partial charge in [0.2, 0.25) is 0 Å². The van der Waals surface area contributed by atoms with Gasteiger partial charge in [0.05, 0.1) is 5.02 Å². The maximum Gasteiger partial charge on any atom is 0.176 e. The highest BCUT2D eigenvalue weighted by atomic mass is 35.5. The number of halogens is 1. The Labute approximate surface area is 82.0 Å². The second-order valence-corrected chi connectivity index (χ2v) is 3.16. The molecule has 0 aliphatic rings. The molecule has 0 atom stereocenters. The Balaban J connectivity index is 2.90. The highest BCUT2D eigenvalue weighted by Gasteiger charge is 2.09. The van der Waals surface area contributed by atoms with Gasteiger partial charge in [0.25, 0.3) is 0 Å². The number of phenolic OH excluding ortho intramolecular Hbond substituents is 2. The van der Waals surface area contributed by atoms with E-state index in [4.69, 9.17) is 11.6 Å². The van der Waals surface area contributed by atoms with Crippen molar-refractivity contribution < 1.29 is 10.2 Å². The molecule has 0 saturated carbocycles. The molecule has 0 amide bonds. The molecule has 13 heavy (non-hydrogen) atoms. The molecular formula is C9H12ClNO2. The molecule has 4 heteroatoms. The molecule has 1 rings (SSSR count). The van der Waals surface area contributed by atoms with Crippen LogP contribution in [0.5, 0.6) is 11.5 Å². The molecule has 0 aliphatic heterocycles. The number of likely N-dealkylation sites (N-methyl/N-ethyl adjacent to an activating group) is 1. The lowest BCUT2D eigenvalue weighted by molar-refractivity contribution is 0.399. The van der Waals surface area contributed by atoms with Crippen molar-refractivity contribution in [2.24, 2.45) is 0 Å². The van der Waals surface area contributed by atoms with Crippen molar-refractivity contribution in [1.29, 1.82) is 0 Å². The Hall–Kier alpha value is -0.930. The van der Waals surface area contributed by atoms with Gasteiger partial charge in [0, 0.05) is 0 Å². The van der Waals surface area contributed by atoms with Crippen LogP contribution in [-0.2, 0) is 6.42 Å². The van der Waals surface area contributed by atoms with Crippen molar-refractivity contribution in [3.63, 3.8) is 0 Å². The average Bonchev–Trinajstić information content (AvgIpc) is 2.13. The fourth-order valence-electron chi connectivity index (χ4n) is 1.06. The fourth-order valence-corrected chi connectivity index (χ4v) is 1.21. The van der Waals surface area contributed by atoms with Crippen LogP contribution in [0, 0.1) is 0 Å². The van der Waals surface area contributed by atoms with Gasteiger partial charge in [-0.3, -0.25) is 0 Å². The monoisotopic (exact) mass is 201 g/mol. The van der Waals surface area contributed by atoms with Crippen LogP contribution in [0.2, 0.25) is 5.02 Å². The van der Waals surface area contributed by atoms with E-state index >= 15 is 0 Å². The van der Waals surface area contributed by atoms with E-state index < -0.39 is 0 Å². The minimum absolute atomic E-state index is 0.122. The first kappa shape index (κ1) is 10.2. The SMILES string of the molecule is CNCCc1ccc(Cl)c(O)c1O. The summed E-state index contributed by atoms with van der Waals surface area (Å²) in [4.78, 5) is 0. The molecule has 0 aromatic heterocycles. The second-order valence-electron chi connectivity index (χ2n) is 2.76. The molecule has 0 heterocycles. The fraction of sp³-hybridized carbons (Fsp3) is 0.333. The molecule has 0 bridgehead atoms. The van der Waals surface area contributed by atoms with E-state index in [1.807, 2.05) is 7.05 Å². The molecule has 1 aromatic rings. The minimum atomic E-state index is -0.240. The van der Waals surface area contributed by atoms with Crippen LogP contribution in [0.25, 0.3) is 0 Å². The van der Waals surface area contributed by atoms with Crippen LogP contribution in [-0.4, -0.2) is 23.8 Å². The van der Waals surface area contributed by atoms with Gasteiger partial charge in [0.15, 0.2) is 11.5 Å². The number of rotatable bonds is 3. The zero-order chi connectivity index (χ0) is 9.84. The Bertz CT molecular complexity index is 302. The summed E-state index contributed by atoms with van der Waals surface area (Å²) in [7, 11) is 1.83. The minimum Gasteiger partial charge on any atom is -0.504 e. The van der Waals surface area contributed by atoms with Gasteiger partial charge >= 0.3 is 0 Å². The Morgan fingerprint density at radius 3 is 2.62 bits per heavy atom. The second kappa shape index (κ2) is 4.35. The first-order valence-electron chi connectivity index (χ1n) is 4.00. The third-order valence-electron chi connectivity index (χ3n) is 1.83. The molecule has 3 nitrogen and oxygen atoms in total. The highest BCUT2D eigenvalue weighted by molar-refractivity contribution is 6.32. The Morgan fingerprint density at radius 2 is 2.00 bits per heavy atom. The highest BCUT2D eigenvalue weighted by Crippen LogP contribution is 2.35. The summed E-state index contributed by atoms with van der Waals surface area (Å²) in [6, 6.07) is 3.27. The van der Waals surface area contributed by atoms with Crippen LogP contribution in [0.3, 0.4) is 0 Å². The zero-order valence-electron chi connectivity index (χ0n) is 7.34. The molecule has 1 aromatic carbocycles. The lowest BCUT2D eigenvalue weighted by atomic mass is 10.1. The number of phenols is 2. The van der Waals surface area contributed by atoms with Crippen LogP contribution < -0.4 is 5.32 Å². The van der Waals surface area contributed by atoms with E-state index in [1.54, 1.807) is 12.1 Å². The third kappa shape index (κ3) is 2.26. The van der Waals surface area contributed by atoms with Crippen LogP contribution >= 0.6 is 11.6 Å². The lowest BCUT2D eigenvalue weighted by Crippen LogP contribution is -2.10. The van der Waals surface area contributed by atoms with E-state index in [-0.39, 0.29) is 16.5 Å². The van der Waals surface area contributed by atoms with Crippen molar-refractivity contribution in [1.82, 2.24) is 5.32 Å². The molecular weight excluding hydrogens is 190 g/mol. The van der Waals surface area contributed by atoms with Crippen LogP contribution in [0.15, 0.2) is 12.1 Å². The van der Waals surface area contributed by atoms with E-state index in [0.717, 1.165) is 6.54 Å². The summed E-state index contributed by atoms with van der Waals surface area (Å²) < 4.78 is 0. The van der Waals surface area contributed by atoms with Gasteiger partial charge in [-0.05, 0) is 31.6 Å². The summed E-state index contributed by atoms with van der Waals surface area (Å²) in [5, 5.41) is 21.9. The van der Waals surface area contributed by atoms with E-state index in [2.05, 4.69) is 5.32 Å². The van der Waals surface area contributed by atoms with Crippen LogP contribution in [0.1, 0.15) is 5.56 Å². The Morgan fingerprint density at radius 1 is 1.31 bits per heavy atom. The number of hydrogen-bond donors (Lipinski definition) is 3. The summed E-state index contributed by atoms with van der Waals surface area (Å²) in [5.41, 5.74) is 0.691. The maximum atomic E-state index is 9.44. The van der Waals surface area contributed by atoms with Gasteiger partial charge < -0.3 is 15.5 Å². The van der Waals surface area contributed by atoms with E-state index in [9.17, 15) is 10.2 Å². The number of hydrogen-bond acceptors (Lipinski definition) is 3. The van der Waals surface area contributed by atoms with Crippen molar-refractivity contribution in [2.75, 3.05) is 13.6 Å². The largest absolute Gasteiger partial charge is 0.504 e. The van der Waals surface area contributed by atoms with Crippen molar-refractivity contribution in [2.45, 2.75) is 6.42 Å².